The van der Waals surface area contributed by atoms with E-state index >= 15 is 0 Å². The first-order valence-electron chi connectivity index (χ1n) is 5.85. The molecule has 88 valence electrons. The molecule has 1 fully saturated rings. The fourth-order valence-electron chi connectivity index (χ4n) is 2.43. The first-order valence-corrected chi connectivity index (χ1v) is 5.85. The molecule has 0 radical (unpaired) electrons. The zero-order valence-corrected chi connectivity index (χ0v) is 9.95. The molecule has 16 heavy (non-hydrogen) atoms. The molecule has 0 unspecified atom stereocenters. The number of hydrogen-bond acceptors (Lipinski definition) is 4. The van der Waals surface area contributed by atoms with Crippen molar-refractivity contribution in [2.45, 2.75) is 45.1 Å². The van der Waals surface area contributed by atoms with E-state index in [0.717, 1.165) is 30.2 Å². The Morgan fingerprint density at radius 1 is 1.31 bits per heavy atom. The number of aliphatic hydroxyl groups is 1. The van der Waals surface area contributed by atoms with Crippen LogP contribution in [0.15, 0.2) is 6.07 Å². The zero-order chi connectivity index (χ0) is 11.6. The van der Waals surface area contributed by atoms with Crippen LogP contribution in [0.4, 0.5) is 5.82 Å². The van der Waals surface area contributed by atoms with Crippen molar-refractivity contribution in [3.05, 3.63) is 17.6 Å². The average Bonchev–Trinajstić information content (AvgIpc) is 2.65. The van der Waals surface area contributed by atoms with Crippen LogP contribution >= 0.6 is 0 Å². The maximum atomic E-state index is 9.51. The summed E-state index contributed by atoms with van der Waals surface area (Å²) in [6.45, 7) is 4.02. The van der Waals surface area contributed by atoms with E-state index in [4.69, 9.17) is 0 Å². The maximum absolute atomic E-state index is 9.51. The summed E-state index contributed by atoms with van der Waals surface area (Å²) in [6, 6.07) is 1.93. The van der Waals surface area contributed by atoms with Crippen molar-refractivity contribution in [3.8, 4) is 0 Å². The summed E-state index contributed by atoms with van der Waals surface area (Å²) in [4.78, 5) is 8.60. The number of hydrogen-bond donors (Lipinski definition) is 2. The normalized spacial score (nSPS) is 18.7. The van der Waals surface area contributed by atoms with Gasteiger partial charge in [-0.3, -0.25) is 0 Å². The van der Waals surface area contributed by atoms with Crippen LogP contribution in [0.2, 0.25) is 0 Å². The molecule has 2 rings (SSSR count). The third-order valence-corrected chi connectivity index (χ3v) is 3.22. The predicted octanol–water partition coefficient (Wildman–Crippen LogP) is 1.81. The number of aliphatic hydroxyl groups excluding tert-OH is 1. The van der Waals surface area contributed by atoms with Crippen molar-refractivity contribution in [1.82, 2.24) is 9.97 Å². The Bertz CT molecular complexity index is 352. The van der Waals surface area contributed by atoms with Gasteiger partial charge in [0.2, 0.25) is 0 Å². The van der Waals surface area contributed by atoms with Gasteiger partial charge in [0, 0.05) is 11.8 Å². The van der Waals surface area contributed by atoms with E-state index < -0.39 is 0 Å². The van der Waals surface area contributed by atoms with Crippen LogP contribution in [0.3, 0.4) is 0 Å². The summed E-state index contributed by atoms with van der Waals surface area (Å²) < 4.78 is 0. The lowest BCUT2D eigenvalue weighted by molar-refractivity contribution is 0.214. The van der Waals surface area contributed by atoms with Crippen molar-refractivity contribution in [1.29, 1.82) is 0 Å². The third kappa shape index (κ3) is 2.32. The van der Waals surface area contributed by atoms with E-state index in [1.165, 1.54) is 12.8 Å². The molecule has 2 N–H and O–H groups in total. The number of aromatic nitrogens is 2. The highest BCUT2D eigenvalue weighted by atomic mass is 16.3. The molecule has 1 aromatic heterocycles. The smallest absolute Gasteiger partial charge is 0.130 e. The lowest BCUT2D eigenvalue weighted by Gasteiger charge is -2.28. The highest BCUT2D eigenvalue weighted by Gasteiger charge is 2.33. The van der Waals surface area contributed by atoms with E-state index in [1.807, 2.05) is 19.9 Å². The second kappa shape index (κ2) is 4.37. The Morgan fingerprint density at radius 3 is 2.56 bits per heavy atom. The summed E-state index contributed by atoms with van der Waals surface area (Å²) in [5, 5.41) is 12.9. The maximum Gasteiger partial charge on any atom is 0.130 e. The largest absolute Gasteiger partial charge is 0.394 e. The Kier molecular flexibility index (Phi) is 3.10. The van der Waals surface area contributed by atoms with Crippen molar-refractivity contribution >= 4 is 5.82 Å². The Hall–Kier alpha value is -1.16. The van der Waals surface area contributed by atoms with Crippen LogP contribution in [0.1, 0.15) is 37.2 Å². The van der Waals surface area contributed by atoms with Gasteiger partial charge in [-0.25, -0.2) is 9.97 Å². The van der Waals surface area contributed by atoms with Crippen LogP contribution in [-0.4, -0.2) is 27.2 Å². The minimum absolute atomic E-state index is 0.159. The van der Waals surface area contributed by atoms with Crippen LogP contribution in [-0.2, 0) is 0 Å². The van der Waals surface area contributed by atoms with Gasteiger partial charge >= 0.3 is 0 Å². The summed E-state index contributed by atoms with van der Waals surface area (Å²) in [6.07, 6.45) is 4.39. The SMILES string of the molecule is Cc1cc(NC2(CO)CCCC2)nc(C)n1. The molecule has 0 bridgehead atoms. The molecule has 0 atom stereocenters. The molecule has 0 aromatic carbocycles. The van der Waals surface area contributed by atoms with E-state index in [-0.39, 0.29) is 12.1 Å². The molecule has 1 aliphatic rings. The zero-order valence-electron chi connectivity index (χ0n) is 9.95. The number of nitrogens with zero attached hydrogens (tertiary/aromatic N) is 2. The van der Waals surface area contributed by atoms with Crippen LogP contribution in [0.25, 0.3) is 0 Å². The number of aryl methyl sites for hydroxylation is 2. The number of nitrogens with one attached hydrogen (secondary N) is 1. The molecule has 1 heterocycles. The Balaban J connectivity index is 2.18. The van der Waals surface area contributed by atoms with Gasteiger partial charge in [-0.2, -0.15) is 0 Å². The lowest BCUT2D eigenvalue weighted by Crippen LogP contribution is -2.39. The summed E-state index contributed by atoms with van der Waals surface area (Å²) in [7, 11) is 0. The third-order valence-electron chi connectivity index (χ3n) is 3.22. The van der Waals surface area contributed by atoms with E-state index in [2.05, 4.69) is 15.3 Å². The van der Waals surface area contributed by atoms with Crippen LogP contribution < -0.4 is 5.32 Å². The molecule has 0 spiro atoms. The average molecular weight is 221 g/mol. The fraction of sp³-hybridized carbons (Fsp3) is 0.667. The molecule has 0 amide bonds. The minimum Gasteiger partial charge on any atom is -0.394 e. The van der Waals surface area contributed by atoms with E-state index in [0.29, 0.717) is 0 Å². The van der Waals surface area contributed by atoms with Crippen LogP contribution in [0, 0.1) is 13.8 Å². The molecule has 4 heteroatoms. The topological polar surface area (TPSA) is 58.0 Å². The highest BCUT2D eigenvalue weighted by Crippen LogP contribution is 2.32. The summed E-state index contributed by atoms with van der Waals surface area (Å²) in [5.41, 5.74) is 0.800. The molecule has 0 saturated heterocycles. The van der Waals surface area contributed by atoms with Crippen molar-refractivity contribution in [2.75, 3.05) is 11.9 Å². The summed E-state index contributed by atoms with van der Waals surface area (Å²) in [5.74, 6) is 1.61. The number of anilines is 1. The van der Waals surface area contributed by atoms with Crippen molar-refractivity contribution in [2.24, 2.45) is 0 Å². The highest BCUT2D eigenvalue weighted by molar-refractivity contribution is 5.39. The second-order valence-electron chi connectivity index (χ2n) is 4.71. The monoisotopic (exact) mass is 221 g/mol. The Morgan fingerprint density at radius 2 is 2.00 bits per heavy atom. The molecular formula is C12H19N3O. The van der Waals surface area contributed by atoms with Gasteiger partial charge in [0.05, 0.1) is 12.1 Å². The van der Waals surface area contributed by atoms with Gasteiger partial charge < -0.3 is 10.4 Å². The van der Waals surface area contributed by atoms with Crippen LogP contribution in [0.5, 0.6) is 0 Å². The summed E-state index contributed by atoms with van der Waals surface area (Å²) >= 11 is 0. The number of rotatable bonds is 3. The van der Waals surface area contributed by atoms with Gasteiger partial charge in [-0.1, -0.05) is 12.8 Å². The van der Waals surface area contributed by atoms with E-state index in [9.17, 15) is 5.11 Å². The standard InChI is InChI=1S/C12H19N3O/c1-9-7-11(14-10(2)13-9)15-12(8-16)5-3-4-6-12/h7,16H,3-6,8H2,1-2H3,(H,13,14,15). The van der Waals surface area contributed by atoms with Gasteiger partial charge in [-0.15, -0.1) is 0 Å². The molecule has 1 aromatic rings. The van der Waals surface area contributed by atoms with E-state index in [1.54, 1.807) is 0 Å². The van der Waals surface area contributed by atoms with Gasteiger partial charge in [0.15, 0.2) is 0 Å². The molecule has 0 aliphatic heterocycles. The van der Waals surface area contributed by atoms with Crippen molar-refractivity contribution < 1.29 is 5.11 Å². The van der Waals surface area contributed by atoms with Gasteiger partial charge in [0.25, 0.3) is 0 Å². The second-order valence-corrected chi connectivity index (χ2v) is 4.71. The van der Waals surface area contributed by atoms with Gasteiger partial charge in [0.1, 0.15) is 11.6 Å². The minimum atomic E-state index is -0.159. The first kappa shape index (κ1) is 11.3. The molecule has 1 aliphatic carbocycles. The molecule has 1 saturated carbocycles. The fourth-order valence-corrected chi connectivity index (χ4v) is 2.43. The predicted molar refractivity (Wildman–Crippen MR) is 63.4 cm³/mol. The van der Waals surface area contributed by atoms with Gasteiger partial charge in [-0.05, 0) is 26.7 Å². The lowest BCUT2D eigenvalue weighted by atomic mass is 9.99. The Labute approximate surface area is 96.1 Å². The van der Waals surface area contributed by atoms with Crippen molar-refractivity contribution in [3.63, 3.8) is 0 Å². The first-order chi connectivity index (χ1) is 7.63. The molecule has 4 nitrogen and oxygen atoms in total. The quantitative estimate of drug-likeness (QED) is 0.817. The molecular weight excluding hydrogens is 202 g/mol.